The number of carbonyl (C=O) groups is 2. The summed E-state index contributed by atoms with van der Waals surface area (Å²) in [6.07, 6.45) is 3.80. The molecule has 0 saturated carbocycles. The third-order valence-corrected chi connectivity index (χ3v) is 4.55. The number of amides is 1. The normalized spacial score (nSPS) is 19.6. The van der Waals surface area contributed by atoms with Crippen LogP contribution in [0.25, 0.3) is 6.08 Å². The lowest BCUT2D eigenvalue weighted by Crippen LogP contribution is -2.50. The number of benzene rings is 1. The van der Waals surface area contributed by atoms with Crippen LogP contribution in [0, 0.1) is 0 Å². The van der Waals surface area contributed by atoms with Crippen molar-refractivity contribution in [2.24, 2.45) is 0 Å². The molecule has 2 atom stereocenters. The molecule has 1 aromatic heterocycles. The highest BCUT2D eigenvalue weighted by Gasteiger charge is 2.26. The van der Waals surface area contributed by atoms with Crippen molar-refractivity contribution in [3.63, 3.8) is 0 Å². The summed E-state index contributed by atoms with van der Waals surface area (Å²) in [6, 6.07) is 10.7. The Hall–Kier alpha value is -3.19. The summed E-state index contributed by atoms with van der Waals surface area (Å²) in [5.74, 6) is 0.731. The van der Waals surface area contributed by atoms with Gasteiger partial charge in [-0.2, -0.15) is 0 Å². The van der Waals surface area contributed by atoms with E-state index in [4.69, 9.17) is 9.84 Å². The molecule has 7 nitrogen and oxygen atoms in total. The molecule has 1 amide bonds. The smallest absolute Gasteiger partial charge is 0.409 e. The third-order valence-electron chi connectivity index (χ3n) is 4.55. The molecule has 2 N–H and O–H groups in total. The van der Waals surface area contributed by atoms with Gasteiger partial charge in [-0.3, -0.25) is 10.1 Å². The van der Waals surface area contributed by atoms with E-state index in [2.05, 4.69) is 29.0 Å². The van der Waals surface area contributed by atoms with E-state index in [1.54, 1.807) is 36.5 Å². The molecule has 7 heteroatoms. The summed E-state index contributed by atoms with van der Waals surface area (Å²) in [6.45, 7) is 5.59. The quantitative estimate of drug-likeness (QED) is 0.606. The molecule has 0 aliphatic carbocycles. The van der Waals surface area contributed by atoms with E-state index in [-0.39, 0.29) is 17.9 Å². The summed E-state index contributed by atoms with van der Waals surface area (Å²) < 4.78 is 5.55. The molecule has 2 heterocycles. The van der Waals surface area contributed by atoms with Crippen molar-refractivity contribution in [1.82, 2.24) is 4.98 Å². The second-order valence-corrected chi connectivity index (χ2v) is 6.80. The van der Waals surface area contributed by atoms with Gasteiger partial charge in [-0.15, -0.1) is 0 Å². The van der Waals surface area contributed by atoms with Crippen LogP contribution in [0.15, 0.2) is 48.7 Å². The van der Waals surface area contributed by atoms with E-state index in [1.807, 2.05) is 12.1 Å². The van der Waals surface area contributed by atoms with Crippen LogP contribution < -0.4 is 10.2 Å². The first-order valence-electron chi connectivity index (χ1n) is 9.08. The predicted octanol–water partition coefficient (Wildman–Crippen LogP) is 3.68. The first-order chi connectivity index (χ1) is 13.4. The first kappa shape index (κ1) is 19.6. The Morgan fingerprint density at radius 3 is 2.39 bits per heavy atom. The number of rotatable bonds is 5. The van der Waals surface area contributed by atoms with E-state index in [0.717, 1.165) is 11.4 Å². The number of hydrogen-bond acceptors (Lipinski definition) is 5. The Balaban J connectivity index is 1.65. The largest absolute Gasteiger partial charge is 0.465 e. The summed E-state index contributed by atoms with van der Waals surface area (Å²) >= 11 is 0. The molecule has 3 rings (SSSR count). The number of ketones is 1. The molecule has 146 valence electrons. The van der Waals surface area contributed by atoms with Crippen LogP contribution in [-0.2, 0) is 4.74 Å². The average molecular weight is 381 g/mol. The van der Waals surface area contributed by atoms with Gasteiger partial charge >= 0.3 is 6.09 Å². The molecule has 2 unspecified atom stereocenters. The van der Waals surface area contributed by atoms with Crippen LogP contribution in [0.2, 0.25) is 0 Å². The van der Waals surface area contributed by atoms with Crippen LogP contribution in [-0.4, -0.2) is 47.3 Å². The third kappa shape index (κ3) is 4.75. The van der Waals surface area contributed by atoms with Gasteiger partial charge < -0.3 is 14.7 Å². The Bertz CT molecular complexity index is 852. The lowest BCUT2D eigenvalue weighted by molar-refractivity contribution is 0.0752. The zero-order valence-electron chi connectivity index (χ0n) is 15.8. The van der Waals surface area contributed by atoms with Gasteiger partial charge in [0.25, 0.3) is 0 Å². The number of morpholine rings is 1. The molecule has 0 radical (unpaired) electrons. The SMILES string of the molecule is CC1COCC(C)N1c1ccc(C=CC(=O)c2ccc(NC(=O)O)cc2)cn1. The number of pyridine rings is 1. The lowest BCUT2D eigenvalue weighted by atomic mass is 10.1. The zero-order chi connectivity index (χ0) is 20.1. The van der Waals surface area contributed by atoms with Crippen LogP contribution >= 0.6 is 0 Å². The van der Waals surface area contributed by atoms with Crippen LogP contribution in [0.3, 0.4) is 0 Å². The molecule has 1 aromatic carbocycles. The molecular formula is C21H23N3O4. The molecule has 1 fully saturated rings. The summed E-state index contributed by atoms with van der Waals surface area (Å²) in [4.78, 5) is 29.7. The monoisotopic (exact) mass is 381 g/mol. The summed E-state index contributed by atoms with van der Waals surface area (Å²) in [7, 11) is 0. The summed E-state index contributed by atoms with van der Waals surface area (Å²) in [5, 5.41) is 10.9. The average Bonchev–Trinajstić information content (AvgIpc) is 2.67. The maximum Gasteiger partial charge on any atom is 0.409 e. The Labute approximate surface area is 163 Å². The number of ether oxygens (including phenoxy) is 1. The standard InChI is InChI=1S/C21H23N3O4/c1-14-12-28-13-15(2)24(14)20-10-4-16(11-22-20)3-9-19(25)17-5-7-18(8-6-17)23-21(26)27/h3-11,14-15,23H,12-13H2,1-2H3,(H,26,27). The van der Waals surface area contributed by atoms with Gasteiger partial charge in [-0.25, -0.2) is 9.78 Å². The maximum absolute atomic E-state index is 12.3. The minimum absolute atomic E-state index is 0.165. The van der Waals surface area contributed by atoms with Crippen molar-refractivity contribution < 1.29 is 19.4 Å². The highest BCUT2D eigenvalue weighted by molar-refractivity contribution is 6.07. The molecule has 1 aliphatic heterocycles. The molecule has 1 saturated heterocycles. The van der Waals surface area contributed by atoms with Crippen molar-refractivity contribution in [1.29, 1.82) is 0 Å². The number of aromatic nitrogens is 1. The number of allylic oxidation sites excluding steroid dienone is 1. The fourth-order valence-electron chi connectivity index (χ4n) is 3.21. The van der Waals surface area contributed by atoms with Gasteiger partial charge in [-0.05, 0) is 68.0 Å². The highest BCUT2D eigenvalue weighted by Crippen LogP contribution is 2.22. The lowest BCUT2D eigenvalue weighted by Gasteiger charge is -2.39. The van der Waals surface area contributed by atoms with E-state index >= 15 is 0 Å². The molecule has 2 aromatic rings. The van der Waals surface area contributed by atoms with Crippen molar-refractivity contribution in [3.8, 4) is 0 Å². The Kier molecular flexibility index (Phi) is 6.06. The topological polar surface area (TPSA) is 91.8 Å². The fraction of sp³-hybridized carbons (Fsp3) is 0.286. The van der Waals surface area contributed by atoms with Gasteiger partial charge in [-0.1, -0.05) is 0 Å². The number of hydrogen-bond donors (Lipinski definition) is 2. The van der Waals surface area contributed by atoms with Gasteiger partial charge in [0.2, 0.25) is 0 Å². The van der Waals surface area contributed by atoms with Crippen LogP contribution in [0.4, 0.5) is 16.3 Å². The first-order valence-corrected chi connectivity index (χ1v) is 9.08. The fourth-order valence-corrected chi connectivity index (χ4v) is 3.21. The second-order valence-electron chi connectivity index (χ2n) is 6.80. The predicted molar refractivity (Wildman–Crippen MR) is 108 cm³/mol. The van der Waals surface area contributed by atoms with E-state index in [0.29, 0.717) is 24.5 Å². The van der Waals surface area contributed by atoms with Crippen LogP contribution in [0.1, 0.15) is 29.8 Å². The van der Waals surface area contributed by atoms with E-state index in [9.17, 15) is 9.59 Å². The van der Waals surface area contributed by atoms with Gasteiger partial charge in [0.05, 0.1) is 25.3 Å². The molecule has 0 spiro atoms. The van der Waals surface area contributed by atoms with Crippen molar-refractivity contribution in [3.05, 3.63) is 59.8 Å². The van der Waals surface area contributed by atoms with Gasteiger partial charge in [0.1, 0.15) is 5.82 Å². The van der Waals surface area contributed by atoms with Crippen molar-refractivity contribution >= 4 is 29.5 Å². The molecule has 1 aliphatic rings. The minimum atomic E-state index is -1.14. The second kappa shape index (κ2) is 8.67. The zero-order valence-corrected chi connectivity index (χ0v) is 15.8. The molecular weight excluding hydrogens is 358 g/mol. The van der Waals surface area contributed by atoms with Gasteiger partial charge in [0, 0.05) is 17.4 Å². The Morgan fingerprint density at radius 1 is 1.14 bits per heavy atom. The molecule has 0 bridgehead atoms. The number of anilines is 2. The van der Waals surface area contributed by atoms with Gasteiger partial charge in [0.15, 0.2) is 5.78 Å². The molecule has 28 heavy (non-hydrogen) atoms. The van der Waals surface area contributed by atoms with E-state index < -0.39 is 6.09 Å². The van der Waals surface area contributed by atoms with Crippen molar-refractivity contribution in [2.45, 2.75) is 25.9 Å². The minimum Gasteiger partial charge on any atom is -0.465 e. The number of nitrogens with zero attached hydrogens (tertiary/aromatic N) is 2. The number of carboxylic acid groups (broad SMARTS) is 1. The summed E-state index contributed by atoms with van der Waals surface area (Å²) in [5.41, 5.74) is 1.72. The van der Waals surface area contributed by atoms with Crippen molar-refractivity contribution in [2.75, 3.05) is 23.4 Å². The maximum atomic E-state index is 12.3. The number of nitrogens with one attached hydrogen (secondary N) is 1. The number of carbonyl (C=O) groups excluding carboxylic acids is 1. The highest BCUT2D eigenvalue weighted by atomic mass is 16.5. The van der Waals surface area contributed by atoms with E-state index in [1.165, 1.54) is 6.08 Å². The van der Waals surface area contributed by atoms with Crippen LogP contribution in [0.5, 0.6) is 0 Å². The Morgan fingerprint density at radius 2 is 1.82 bits per heavy atom.